The SMILES string of the molecule is CCOc1ccc(-n2c(C)cc(/C=N/N3C(=O)NC4(CCCCC4)C3=O)c2C)cc1. The highest BCUT2D eigenvalue weighted by Gasteiger charge is 2.51. The molecule has 1 N–H and O–H groups in total. The Bertz CT molecular complexity index is 985. The molecular weight excluding hydrogens is 380 g/mol. The minimum Gasteiger partial charge on any atom is -0.494 e. The van der Waals surface area contributed by atoms with Crippen LogP contribution < -0.4 is 10.1 Å². The molecule has 1 aromatic carbocycles. The lowest BCUT2D eigenvalue weighted by Gasteiger charge is -2.29. The van der Waals surface area contributed by atoms with E-state index in [9.17, 15) is 9.59 Å². The molecule has 2 aliphatic rings. The second-order valence-corrected chi connectivity index (χ2v) is 8.02. The number of aromatic nitrogens is 1. The second kappa shape index (κ2) is 7.97. The Morgan fingerprint density at radius 2 is 1.83 bits per heavy atom. The predicted octanol–water partition coefficient (Wildman–Crippen LogP) is 4.08. The van der Waals surface area contributed by atoms with Gasteiger partial charge in [0.15, 0.2) is 0 Å². The van der Waals surface area contributed by atoms with Gasteiger partial charge in [0.2, 0.25) is 0 Å². The molecule has 0 unspecified atom stereocenters. The number of imide groups is 1. The van der Waals surface area contributed by atoms with Crippen LogP contribution in [-0.4, -0.2) is 39.9 Å². The zero-order valence-electron chi connectivity index (χ0n) is 17.8. The number of benzene rings is 1. The van der Waals surface area contributed by atoms with Gasteiger partial charge in [0.1, 0.15) is 11.3 Å². The number of amides is 3. The van der Waals surface area contributed by atoms with Gasteiger partial charge < -0.3 is 14.6 Å². The third-order valence-electron chi connectivity index (χ3n) is 6.04. The van der Waals surface area contributed by atoms with Crippen LogP contribution in [0.3, 0.4) is 0 Å². The van der Waals surface area contributed by atoms with Crippen LogP contribution in [0.15, 0.2) is 35.4 Å². The van der Waals surface area contributed by atoms with E-state index in [2.05, 4.69) is 15.0 Å². The molecule has 1 aliphatic carbocycles. The van der Waals surface area contributed by atoms with E-state index in [0.29, 0.717) is 19.4 Å². The number of rotatable bonds is 5. The molecule has 7 nitrogen and oxygen atoms in total. The van der Waals surface area contributed by atoms with Crippen molar-refractivity contribution in [2.45, 2.75) is 58.4 Å². The maximum absolute atomic E-state index is 12.9. The lowest BCUT2D eigenvalue weighted by atomic mass is 9.82. The summed E-state index contributed by atoms with van der Waals surface area (Å²) in [5, 5.41) is 8.14. The largest absolute Gasteiger partial charge is 0.494 e. The van der Waals surface area contributed by atoms with Crippen LogP contribution in [-0.2, 0) is 4.79 Å². The summed E-state index contributed by atoms with van der Waals surface area (Å²) in [6, 6.07) is 9.49. The Kier molecular flexibility index (Phi) is 5.37. The van der Waals surface area contributed by atoms with Crippen molar-refractivity contribution in [3.8, 4) is 11.4 Å². The van der Waals surface area contributed by atoms with Gasteiger partial charge in [-0.1, -0.05) is 19.3 Å². The quantitative estimate of drug-likeness (QED) is 0.598. The molecular formula is C23H28N4O3. The standard InChI is InChI=1S/C23H28N4O3/c1-4-30-20-10-8-19(9-11-20)26-16(2)14-18(17(26)3)15-24-27-21(28)23(25-22(27)29)12-6-5-7-13-23/h8-11,14-15H,4-7,12-13H2,1-3H3,(H,25,29)/b24-15+. The van der Waals surface area contributed by atoms with Crippen molar-refractivity contribution in [2.24, 2.45) is 5.10 Å². The number of carbonyl (C=O) groups is 2. The molecule has 1 aromatic heterocycles. The normalized spacial score (nSPS) is 18.4. The lowest BCUT2D eigenvalue weighted by Crippen LogP contribution is -2.48. The number of nitrogens with one attached hydrogen (secondary N) is 1. The summed E-state index contributed by atoms with van der Waals surface area (Å²) in [4.78, 5) is 25.3. The minimum atomic E-state index is -0.758. The average Bonchev–Trinajstić information content (AvgIpc) is 3.14. The third-order valence-corrected chi connectivity index (χ3v) is 6.04. The van der Waals surface area contributed by atoms with Crippen molar-refractivity contribution in [3.63, 3.8) is 0 Å². The fourth-order valence-electron chi connectivity index (χ4n) is 4.50. The smallest absolute Gasteiger partial charge is 0.346 e. The van der Waals surface area contributed by atoms with Gasteiger partial charge in [-0.25, -0.2) is 4.79 Å². The van der Waals surface area contributed by atoms with E-state index in [1.807, 2.05) is 51.1 Å². The molecule has 0 radical (unpaired) electrons. The van der Waals surface area contributed by atoms with Gasteiger partial charge >= 0.3 is 6.03 Å². The summed E-state index contributed by atoms with van der Waals surface area (Å²) in [7, 11) is 0. The number of urea groups is 1. The number of carbonyl (C=O) groups excluding carboxylic acids is 2. The summed E-state index contributed by atoms with van der Waals surface area (Å²) in [6.07, 6.45) is 5.99. The van der Waals surface area contributed by atoms with E-state index in [4.69, 9.17) is 4.74 Å². The maximum atomic E-state index is 12.9. The van der Waals surface area contributed by atoms with Gasteiger partial charge in [0.05, 0.1) is 12.8 Å². The molecule has 1 aliphatic heterocycles. The van der Waals surface area contributed by atoms with E-state index in [0.717, 1.165) is 52.7 Å². The highest BCUT2D eigenvalue weighted by atomic mass is 16.5. The number of nitrogens with zero attached hydrogens (tertiary/aromatic N) is 3. The molecule has 1 saturated carbocycles. The minimum absolute atomic E-state index is 0.233. The van der Waals surface area contributed by atoms with Crippen LogP contribution in [0.25, 0.3) is 5.69 Å². The molecule has 2 aromatic rings. The molecule has 2 heterocycles. The number of aryl methyl sites for hydroxylation is 1. The predicted molar refractivity (Wildman–Crippen MR) is 115 cm³/mol. The Balaban J connectivity index is 1.57. The molecule has 3 amide bonds. The molecule has 0 bridgehead atoms. The molecule has 158 valence electrons. The van der Waals surface area contributed by atoms with Gasteiger partial charge in [-0.3, -0.25) is 4.79 Å². The van der Waals surface area contributed by atoms with Crippen molar-refractivity contribution < 1.29 is 14.3 Å². The zero-order chi connectivity index (χ0) is 21.3. The number of hydrogen-bond donors (Lipinski definition) is 1. The van der Waals surface area contributed by atoms with Crippen molar-refractivity contribution >= 4 is 18.2 Å². The molecule has 4 rings (SSSR count). The summed E-state index contributed by atoms with van der Waals surface area (Å²) in [5.74, 6) is 0.601. The third kappa shape index (κ3) is 3.49. The first kappa shape index (κ1) is 20.2. The van der Waals surface area contributed by atoms with Crippen LogP contribution in [0.2, 0.25) is 0 Å². The Morgan fingerprint density at radius 1 is 1.13 bits per heavy atom. The fraction of sp³-hybridized carbons (Fsp3) is 0.435. The van der Waals surface area contributed by atoms with Gasteiger partial charge in [-0.15, -0.1) is 5.01 Å². The average molecular weight is 409 g/mol. The molecule has 0 atom stereocenters. The second-order valence-electron chi connectivity index (χ2n) is 8.02. The van der Waals surface area contributed by atoms with Crippen LogP contribution in [0.4, 0.5) is 4.79 Å². The molecule has 30 heavy (non-hydrogen) atoms. The van der Waals surface area contributed by atoms with Crippen LogP contribution >= 0.6 is 0 Å². The van der Waals surface area contributed by atoms with Crippen molar-refractivity contribution in [3.05, 3.63) is 47.3 Å². The molecule has 1 spiro atoms. The highest BCUT2D eigenvalue weighted by molar-refractivity contribution is 6.07. The van der Waals surface area contributed by atoms with Crippen LogP contribution in [0.5, 0.6) is 5.75 Å². The van der Waals surface area contributed by atoms with Gasteiger partial charge in [0, 0.05) is 22.6 Å². The Morgan fingerprint density at radius 3 is 2.50 bits per heavy atom. The van der Waals surface area contributed by atoms with Crippen molar-refractivity contribution in [1.29, 1.82) is 0 Å². The Labute approximate surface area is 176 Å². The lowest BCUT2D eigenvalue weighted by molar-refractivity contribution is -0.132. The monoisotopic (exact) mass is 408 g/mol. The first-order chi connectivity index (χ1) is 14.4. The highest BCUT2D eigenvalue weighted by Crippen LogP contribution is 2.33. The van der Waals surface area contributed by atoms with Crippen molar-refractivity contribution in [2.75, 3.05) is 6.61 Å². The first-order valence-corrected chi connectivity index (χ1v) is 10.6. The zero-order valence-corrected chi connectivity index (χ0v) is 17.8. The first-order valence-electron chi connectivity index (χ1n) is 10.6. The number of hydrogen-bond acceptors (Lipinski definition) is 4. The van der Waals surface area contributed by atoms with Gasteiger partial charge in [0.25, 0.3) is 5.91 Å². The number of ether oxygens (including phenoxy) is 1. The molecule has 2 fully saturated rings. The van der Waals surface area contributed by atoms with E-state index in [1.54, 1.807) is 6.21 Å². The maximum Gasteiger partial charge on any atom is 0.346 e. The Hall–Kier alpha value is -3.09. The van der Waals surface area contributed by atoms with Crippen LogP contribution in [0, 0.1) is 13.8 Å². The summed E-state index contributed by atoms with van der Waals surface area (Å²) in [6.45, 7) is 6.61. The van der Waals surface area contributed by atoms with Gasteiger partial charge in [-0.05, 0) is 63.9 Å². The van der Waals surface area contributed by atoms with Crippen molar-refractivity contribution in [1.82, 2.24) is 14.9 Å². The van der Waals surface area contributed by atoms with Gasteiger partial charge in [-0.2, -0.15) is 5.10 Å². The fourth-order valence-corrected chi connectivity index (χ4v) is 4.50. The van der Waals surface area contributed by atoms with Crippen LogP contribution in [0.1, 0.15) is 56.0 Å². The van der Waals surface area contributed by atoms with E-state index in [1.165, 1.54) is 0 Å². The molecule has 1 saturated heterocycles. The summed E-state index contributed by atoms with van der Waals surface area (Å²) >= 11 is 0. The van der Waals surface area contributed by atoms with E-state index in [-0.39, 0.29) is 5.91 Å². The summed E-state index contributed by atoms with van der Waals surface area (Å²) in [5.41, 5.74) is 3.15. The topological polar surface area (TPSA) is 75.9 Å². The van der Waals surface area contributed by atoms with E-state index < -0.39 is 11.6 Å². The molecule has 7 heteroatoms. The van der Waals surface area contributed by atoms with E-state index >= 15 is 0 Å². The summed E-state index contributed by atoms with van der Waals surface area (Å²) < 4.78 is 7.64. The number of hydrazone groups is 1.